The number of amidine groups is 2. The van der Waals surface area contributed by atoms with Gasteiger partial charge in [-0.2, -0.15) is 20.4 Å². The first kappa shape index (κ1) is 24.4. The van der Waals surface area contributed by atoms with E-state index >= 15 is 0 Å². The van der Waals surface area contributed by atoms with Gasteiger partial charge in [0.2, 0.25) is 0 Å². The predicted molar refractivity (Wildman–Crippen MR) is 120 cm³/mol. The van der Waals surface area contributed by atoms with Gasteiger partial charge < -0.3 is 45.4 Å². The molecule has 2 rings (SSSR count). The van der Waals surface area contributed by atoms with Crippen LogP contribution in [0.2, 0.25) is 0 Å². The number of nitrogens with zero attached hydrogens (tertiary/aromatic N) is 4. The Bertz CT molecular complexity index is 797. The zero-order valence-electron chi connectivity index (χ0n) is 15.9. The van der Waals surface area contributed by atoms with E-state index in [1.54, 1.807) is 14.2 Å². The van der Waals surface area contributed by atoms with Crippen LogP contribution in [0, 0.1) is 0 Å². The van der Waals surface area contributed by atoms with Crippen molar-refractivity contribution in [2.24, 2.45) is 20.4 Å². The number of benzene rings is 2. The molecule has 29 heavy (non-hydrogen) atoms. The summed E-state index contributed by atoms with van der Waals surface area (Å²) in [6.45, 7) is 0. The summed E-state index contributed by atoms with van der Waals surface area (Å²) in [6, 6.07) is 14.5. The number of methoxy groups -OCH3 is 2. The molecule has 0 aliphatic carbocycles. The van der Waals surface area contributed by atoms with Crippen molar-refractivity contribution in [2.45, 2.75) is 0 Å². The van der Waals surface area contributed by atoms with E-state index in [2.05, 4.69) is 31.0 Å². The number of hydrogen-bond acceptors (Lipinski definition) is 8. The Hall–Kier alpha value is -2.62. The number of rotatable bonds is 7. The standard InChI is InChI=1S/C18H20N6O2S2.Zn/c1-25-15-7-3-13(4-8-15)21-17(27)23-19-11-12-20-24-18(28)22-14-5-9-16(26-2)10-6-14;/h3-12H,1-2H3,(H2,21,23,27)(H2,22,24,28);/q;+2/p-2. The Morgan fingerprint density at radius 3 is 1.38 bits per heavy atom. The Kier molecular flexibility index (Phi) is 11.4. The van der Waals surface area contributed by atoms with Gasteiger partial charge >= 0.3 is 19.5 Å². The van der Waals surface area contributed by atoms with Crippen molar-refractivity contribution in [3.05, 3.63) is 48.5 Å². The summed E-state index contributed by atoms with van der Waals surface area (Å²) in [6.07, 6.45) is 2.70. The number of nitrogens with one attached hydrogen (secondary N) is 2. The summed E-state index contributed by atoms with van der Waals surface area (Å²) in [4.78, 5) is 0. The molecule has 0 fully saturated rings. The molecule has 0 bridgehead atoms. The quantitative estimate of drug-likeness (QED) is 0.208. The van der Waals surface area contributed by atoms with E-state index in [1.165, 1.54) is 12.4 Å². The molecule has 0 atom stereocenters. The fourth-order valence-electron chi connectivity index (χ4n) is 1.88. The van der Waals surface area contributed by atoms with Crippen molar-refractivity contribution in [1.82, 2.24) is 0 Å². The second-order valence-electron chi connectivity index (χ2n) is 5.05. The Morgan fingerprint density at radius 1 is 0.724 bits per heavy atom. The van der Waals surface area contributed by atoms with Crippen LogP contribution in [0.4, 0.5) is 11.4 Å². The average molecular weight is 480 g/mol. The zero-order chi connectivity index (χ0) is 20.2. The molecule has 0 unspecified atom stereocenters. The minimum absolute atomic E-state index is 0. The molecule has 2 aromatic rings. The molecule has 11 heteroatoms. The third-order valence-corrected chi connectivity index (χ3v) is 3.55. The van der Waals surface area contributed by atoms with E-state index in [-0.39, 0.29) is 29.8 Å². The first-order valence-corrected chi connectivity index (χ1v) is 8.79. The molecule has 0 radical (unpaired) electrons. The molecule has 0 heterocycles. The van der Waals surface area contributed by atoms with E-state index in [9.17, 15) is 0 Å². The largest absolute Gasteiger partial charge is 2.00 e. The van der Waals surface area contributed by atoms with Crippen LogP contribution in [-0.2, 0) is 44.7 Å². The van der Waals surface area contributed by atoms with Crippen LogP contribution in [0.25, 0.3) is 0 Å². The third kappa shape index (κ3) is 9.42. The van der Waals surface area contributed by atoms with Gasteiger partial charge in [0.1, 0.15) is 11.5 Å². The molecular formula is C18H18N6O2S2Zn. The summed E-state index contributed by atoms with van der Waals surface area (Å²) >= 11 is 10.2. The zero-order valence-corrected chi connectivity index (χ0v) is 20.5. The molecule has 0 aliphatic heterocycles. The van der Waals surface area contributed by atoms with Crippen LogP contribution in [0.15, 0.2) is 68.9 Å². The van der Waals surface area contributed by atoms with Crippen molar-refractivity contribution in [2.75, 3.05) is 24.9 Å². The fraction of sp³-hybridized carbons (Fsp3) is 0.111. The number of hydrogen-bond donors (Lipinski definition) is 2. The minimum Gasteiger partial charge on any atom is -0.741 e. The molecule has 2 aromatic carbocycles. The summed E-state index contributed by atoms with van der Waals surface area (Å²) in [5, 5.41) is 21.5. The Labute approximate surface area is 193 Å². The Morgan fingerprint density at radius 2 is 1.07 bits per heavy atom. The SMILES string of the molecule is COc1ccc(NC([S-])=NN=CC=NN=C([S-])Nc2ccc(OC)cc2)cc1.[Zn+2]. The molecule has 0 spiro atoms. The Balaban J connectivity index is 0.00000420. The molecule has 0 saturated heterocycles. The van der Waals surface area contributed by atoms with Gasteiger partial charge in [-0.15, -0.1) is 0 Å². The molecular weight excluding hydrogens is 462 g/mol. The summed E-state index contributed by atoms with van der Waals surface area (Å²) < 4.78 is 10.2. The van der Waals surface area contributed by atoms with E-state index in [0.29, 0.717) is 0 Å². The van der Waals surface area contributed by atoms with Gasteiger partial charge in [0.25, 0.3) is 0 Å². The molecule has 0 aromatic heterocycles. The van der Waals surface area contributed by atoms with Crippen molar-refractivity contribution >= 4 is 59.4 Å². The predicted octanol–water partition coefficient (Wildman–Crippen LogP) is 3.00. The monoisotopic (exact) mass is 478 g/mol. The third-order valence-electron chi connectivity index (χ3n) is 3.18. The van der Waals surface area contributed by atoms with Gasteiger partial charge in [-0.1, -0.05) is 0 Å². The van der Waals surface area contributed by atoms with Crippen molar-refractivity contribution in [3.8, 4) is 11.5 Å². The summed E-state index contributed by atoms with van der Waals surface area (Å²) in [5.41, 5.74) is 1.56. The van der Waals surface area contributed by atoms with Crippen LogP contribution in [-0.4, -0.2) is 37.0 Å². The van der Waals surface area contributed by atoms with Gasteiger partial charge in [0.05, 0.1) is 26.6 Å². The maximum atomic E-state index is 5.09. The van der Waals surface area contributed by atoms with E-state index < -0.39 is 0 Å². The van der Waals surface area contributed by atoms with Crippen LogP contribution in [0.5, 0.6) is 11.5 Å². The second kappa shape index (κ2) is 13.5. The van der Waals surface area contributed by atoms with E-state index in [1.807, 2.05) is 48.5 Å². The maximum absolute atomic E-state index is 5.09. The average Bonchev–Trinajstić information content (AvgIpc) is 2.71. The first-order chi connectivity index (χ1) is 13.6. The van der Waals surface area contributed by atoms with E-state index in [4.69, 9.17) is 34.7 Å². The van der Waals surface area contributed by atoms with Crippen molar-refractivity contribution < 1.29 is 29.0 Å². The molecule has 2 N–H and O–H groups in total. The fourth-order valence-corrected chi connectivity index (χ4v) is 2.21. The maximum Gasteiger partial charge on any atom is 2.00 e. The van der Waals surface area contributed by atoms with Gasteiger partial charge in [-0.05, 0) is 48.5 Å². The normalized spacial score (nSPS) is 11.9. The topological polar surface area (TPSA) is 92.0 Å². The molecule has 0 amide bonds. The van der Waals surface area contributed by atoms with Gasteiger partial charge in [0.15, 0.2) is 0 Å². The second-order valence-corrected chi connectivity index (χ2v) is 5.82. The summed E-state index contributed by atoms with van der Waals surface area (Å²) in [7, 11) is 3.21. The van der Waals surface area contributed by atoms with Crippen LogP contribution < -0.4 is 20.1 Å². The van der Waals surface area contributed by atoms with E-state index in [0.717, 1.165) is 22.9 Å². The van der Waals surface area contributed by atoms with Gasteiger partial charge in [-0.3, -0.25) is 0 Å². The minimum atomic E-state index is 0. The smallest absolute Gasteiger partial charge is 0.741 e. The molecule has 0 aliphatic rings. The number of ether oxygens (including phenoxy) is 2. The van der Waals surface area contributed by atoms with Crippen molar-refractivity contribution in [3.63, 3.8) is 0 Å². The molecule has 146 valence electrons. The van der Waals surface area contributed by atoms with Crippen molar-refractivity contribution in [1.29, 1.82) is 0 Å². The van der Waals surface area contributed by atoms with Gasteiger partial charge in [0, 0.05) is 21.7 Å². The van der Waals surface area contributed by atoms with Crippen LogP contribution in [0.1, 0.15) is 0 Å². The molecule has 0 saturated carbocycles. The van der Waals surface area contributed by atoms with Crippen LogP contribution in [0.3, 0.4) is 0 Å². The van der Waals surface area contributed by atoms with Gasteiger partial charge in [-0.25, -0.2) is 0 Å². The number of anilines is 2. The van der Waals surface area contributed by atoms with Crippen LogP contribution >= 0.6 is 0 Å². The molecule has 8 nitrogen and oxygen atoms in total. The first-order valence-electron chi connectivity index (χ1n) is 7.97. The summed E-state index contributed by atoms with van der Waals surface area (Å²) in [5.74, 6) is 1.51.